The summed E-state index contributed by atoms with van der Waals surface area (Å²) in [7, 11) is 3.43. The first-order valence-corrected chi connectivity index (χ1v) is 9.63. The van der Waals surface area contributed by atoms with Crippen LogP contribution in [0.2, 0.25) is 0 Å². The Kier molecular flexibility index (Phi) is 8.91. The maximum Gasteiger partial charge on any atom is 0.411 e. The number of nitrogens with one attached hydrogen (secondary N) is 2. The fourth-order valence-electron chi connectivity index (χ4n) is 3.02. The van der Waals surface area contributed by atoms with Crippen molar-refractivity contribution in [2.45, 2.75) is 32.7 Å². The van der Waals surface area contributed by atoms with E-state index >= 15 is 0 Å². The summed E-state index contributed by atoms with van der Waals surface area (Å²) < 4.78 is 10.0. The number of aliphatic imine (C=N–C) groups is 1. The molecule has 1 saturated heterocycles. The molecule has 1 aliphatic heterocycles. The van der Waals surface area contributed by atoms with Crippen LogP contribution in [0.3, 0.4) is 0 Å². The van der Waals surface area contributed by atoms with Crippen LogP contribution >= 0.6 is 0 Å². The van der Waals surface area contributed by atoms with Crippen LogP contribution in [0.1, 0.15) is 31.7 Å². The second kappa shape index (κ2) is 11.4. The molecule has 1 aromatic carbocycles. The molecule has 7 heteroatoms. The number of ether oxygens (including phenoxy) is 2. The zero-order valence-electron chi connectivity index (χ0n) is 16.7. The summed E-state index contributed by atoms with van der Waals surface area (Å²) in [5, 5.41) is 6.01. The van der Waals surface area contributed by atoms with E-state index < -0.39 is 6.09 Å². The number of carbonyl (C=O) groups excluding carboxylic acids is 1. The van der Waals surface area contributed by atoms with Gasteiger partial charge in [-0.25, -0.2) is 9.79 Å². The van der Waals surface area contributed by atoms with Crippen LogP contribution in [0, 0.1) is 5.92 Å². The number of amides is 1. The largest absolute Gasteiger partial charge is 0.453 e. The molecule has 1 fully saturated rings. The number of hydrogen-bond acceptors (Lipinski definition) is 4. The molecule has 0 radical (unpaired) electrons. The van der Waals surface area contributed by atoms with E-state index in [2.05, 4.69) is 34.2 Å². The number of methoxy groups -OCH3 is 1. The van der Waals surface area contributed by atoms with Gasteiger partial charge in [-0.1, -0.05) is 12.1 Å². The number of benzene rings is 1. The fraction of sp³-hybridized carbons (Fsp3) is 0.600. The van der Waals surface area contributed by atoms with Gasteiger partial charge in [0.25, 0.3) is 0 Å². The minimum absolute atomic E-state index is 0.471. The average Bonchev–Trinajstić information content (AvgIpc) is 2.71. The first-order chi connectivity index (χ1) is 13.1. The molecule has 0 atom stereocenters. The number of hydrogen-bond donors (Lipinski definition) is 2. The van der Waals surface area contributed by atoms with Crippen molar-refractivity contribution in [2.75, 3.05) is 45.8 Å². The van der Waals surface area contributed by atoms with Crippen LogP contribution in [0.15, 0.2) is 29.3 Å². The monoisotopic (exact) mass is 376 g/mol. The standard InChI is InChI=1S/C20H32N4O3/c1-4-21-19(24(2)12-9-16-10-13-27-14-11-16)22-15-17-5-7-18(8-6-17)23-20(25)26-3/h5-8,16H,4,9-15H2,1-3H3,(H,21,22)(H,23,25). The van der Waals surface area contributed by atoms with Gasteiger partial charge in [-0.2, -0.15) is 0 Å². The van der Waals surface area contributed by atoms with Gasteiger partial charge in [-0.05, 0) is 49.8 Å². The lowest BCUT2D eigenvalue weighted by atomic mass is 9.96. The van der Waals surface area contributed by atoms with Crippen LogP contribution in [0.5, 0.6) is 0 Å². The zero-order valence-corrected chi connectivity index (χ0v) is 16.7. The third-order valence-electron chi connectivity index (χ3n) is 4.71. The van der Waals surface area contributed by atoms with Gasteiger partial charge in [-0.3, -0.25) is 5.32 Å². The Balaban J connectivity index is 1.88. The number of carbonyl (C=O) groups is 1. The Morgan fingerprint density at radius 1 is 1.30 bits per heavy atom. The molecule has 0 aromatic heterocycles. The van der Waals surface area contributed by atoms with E-state index in [0.717, 1.165) is 63.0 Å². The molecule has 0 unspecified atom stereocenters. The van der Waals surface area contributed by atoms with E-state index in [1.165, 1.54) is 7.11 Å². The quantitative estimate of drug-likeness (QED) is 0.565. The summed E-state index contributed by atoms with van der Waals surface area (Å²) in [5.41, 5.74) is 1.79. The highest BCUT2D eigenvalue weighted by atomic mass is 16.5. The molecular formula is C20H32N4O3. The second-order valence-corrected chi connectivity index (χ2v) is 6.75. The first kappa shape index (κ1) is 21.0. The minimum atomic E-state index is -0.471. The highest BCUT2D eigenvalue weighted by Crippen LogP contribution is 2.18. The lowest BCUT2D eigenvalue weighted by Gasteiger charge is -2.26. The summed E-state index contributed by atoms with van der Waals surface area (Å²) in [6.45, 7) is 6.27. The van der Waals surface area contributed by atoms with Gasteiger partial charge >= 0.3 is 6.09 Å². The number of rotatable bonds is 7. The first-order valence-electron chi connectivity index (χ1n) is 9.63. The van der Waals surface area contributed by atoms with Crippen LogP contribution < -0.4 is 10.6 Å². The fourth-order valence-corrected chi connectivity index (χ4v) is 3.02. The van der Waals surface area contributed by atoms with Gasteiger partial charge in [0, 0.05) is 39.0 Å². The summed E-state index contributed by atoms with van der Waals surface area (Å²) >= 11 is 0. The van der Waals surface area contributed by atoms with Crippen molar-refractivity contribution in [3.63, 3.8) is 0 Å². The third kappa shape index (κ3) is 7.46. The van der Waals surface area contributed by atoms with Crippen molar-refractivity contribution in [3.8, 4) is 0 Å². The number of anilines is 1. The van der Waals surface area contributed by atoms with Crippen molar-refractivity contribution in [1.82, 2.24) is 10.2 Å². The molecule has 2 rings (SSSR count). The molecular weight excluding hydrogens is 344 g/mol. The van der Waals surface area contributed by atoms with E-state index in [1.54, 1.807) is 0 Å². The topological polar surface area (TPSA) is 75.2 Å². The smallest absolute Gasteiger partial charge is 0.411 e. The Morgan fingerprint density at radius 3 is 2.63 bits per heavy atom. The highest BCUT2D eigenvalue weighted by Gasteiger charge is 2.15. The molecule has 1 aromatic rings. The van der Waals surface area contributed by atoms with E-state index in [9.17, 15) is 4.79 Å². The van der Waals surface area contributed by atoms with E-state index in [-0.39, 0.29) is 0 Å². The Hall–Kier alpha value is -2.28. The summed E-state index contributed by atoms with van der Waals surface area (Å²) in [5.74, 6) is 1.67. The number of guanidine groups is 1. The number of nitrogens with zero attached hydrogens (tertiary/aromatic N) is 2. The van der Waals surface area contributed by atoms with Crippen LogP contribution in [-0.2, 0) is 16.0 Å². The van der Waals surface area contributed by atoms with Crippen molar-refractivity contribution >= 4 is 17.7 Å². The molecule has 7 nitrogen and oxygen atoms in total. The van der Waals surface area contributed by atoms with Gasteiger partial charge in [0.1, 0.15) is 0 Å². The molecule has 150 valence electrons. The Bertz CT molecular complexity index is 598. The molecule has 1 heterocycles. The highest BCUT2D eigenvalue weighted by molar-refractivity contribution is 5.84. The van der Waals surface area contributed by atoms with Crippen molar-refractivity contribution in [1.29, 1.82) is 0 Å². The van der Waals surface area contributed by atoms with Crippen molar-refractivity contribution in [3.05, 3.63) is 29.8 Å². The minimum Gasteiger partial charge on any atom is -0.453 e. The van der Waals surface area contributed by atoms with Gasteiger partial charge in [0.15, 0.2) is 5.96 Å². The molecule has 1 aliphatic rings. The molecule has 0 saturated carbocycles. The predicted octanol–water partition coefficient (Wildman–Crippen LogP) is 3.08. The molecule has 27 heavy (non-hydrogen) atoms. The van der Waals surface area contributed by atoms with Crippen molar-refractivity contribution in [2.24, 2.45) is 10.9 Å². The summed E-state index contributed by atoms with van der Waals surface area (Å²) in [6, 6.07) is 7.62. The second-order valence-electron chi connectivity index (χ2n) is 6.75. The predicted molar refractivity (Wildman–Crippen MR) is 108 cm³/mol. The van der Waals surface area contributed by atoms with Gasteiger partial charge in [0.05, 0.1) is 13.7 Å². The third-order valence-corrected chi connectivity index (χ3v) is 4.71. The van der Waals surface area contributed by atoms with Gasteiger partial charge in [-0.15, -0.1) is 0 Å². The molecule has 0 bridgehead atoms. The Morgan fingerprint density at radius 2 is 2.00 bits per heavy atom. The van der Waals surface area contributed by atoms with E-state index in [1.807, 2.05) is 24.3 Å². The maximum absolute atomic E-state index is 11.2. The van der Waals surface area contributed by atoms with Crippen molar-refractivity contribution < 1.29 is 14.3 Å². The SMILES string of the molecule is CCNC(=NCc1ccc(NC(=O)OC)cc1)N(C)CCC1CCOCC1. The van der Waals surface area contributed by atoms with Crippen LogP contribution in [-0.4, -0.2) is 57.4 Å². The van der Waals surface area contributed by atoms with Gasteiger partial charge in [0.2, 0.25) is 0 Å². The van der Waals surface area contributed by atoms with Crippen LogP contribution in [0.4, 0.5) is 10.5 Å². The summed E-state index contributed by atoms with van der Waals surface area (Å²) in [4.78, 5) is 18.2. The molecule has 1 amide bonds. The zero-order chi connectivity index (χ0) is 19.5. The Labute approximate surface area is 162 Å². The van der Waals surface area contributed by atoms with Gasteiger partial charge < -0.3 is 19.7 Å². The molecule has 0 aliphatic carbocycles. The van der Waals surface area contributed by atoms with E-state index in [0.29, 0.717) is 12.2 Å². The average molecular weight is 377 g/mol. The lowest BCUT2D eigenvalue weighted by molar-refractivity contribution is 0.0625. The normalized spacial score (nSPS) is 15.3. The summed E-state index contributed by atoms with van der Waals surface area (Å²) in [6.07, 6.45) is 3.01. The molecule has 2 N–H and O–H groups in total. The molecule has 0 spiro atoms. The lowest BCUT2D eigenvalue weighted by Crippen LogP contribution is -2.40. The van der Waals surface area contributed by atoms with E-state index in [4.69, 9.17) is 9.73 Å². The maximum atomic E-state index is 11.2. The van der Waals surface area contributed by atoms with Crippen LogP contribution in [0.25, 0.3) is 0 Å².